The summed E-state index contributed by atoms with van der Waals surface area (Å²) in [5.41, 5.74) is 1.99. The lowest BCUT2D eigenvalue weighted by molar-refractivity contribution is -0.142. The predicted molar refractivity (Wildman–Crippen MR) is 116 cm³/mol. The number of carbonyl (C=O) groups is 3. The molecule has 0 aromatic heterocycles. The summed E-state index contributed by atoms with van der Waals surface area (Å²) in [4.78, 5) is 36.8. The summed E-state index contributed by atoms with van der Waals surface area (Å²) < 4.78 is 5.16. The molecule has 0 saturated heterocycles. The van der Waals surface area contributed by atoms with Crippen molar-refractivity contribution >= 4 is 41.0 Å². The number of esters is 1. The minimum Gasteiger partial charge on any atom is -0.452 e. The molecule has 3 rings (SSSR count). The summed E-state index contributed by atoms with van der Waals surface area (Å²) >= 11 is 5.94. The SMILES string of the molecule is O=C(COC(=O)/C(=C/c1ccccc1)c1ccc(Cl)cc1)NC(=O)c1ccccc1. The monoisotopic (exact) mass is 419 g/mol. The first kappa shape index (κ1) is 21.0. The van der Waals surface area contributed by atoms with Crippen molar-refractivity contribution < 1.29 is 19.1 Å². The Kier molecular flexibility index (Phi) is 7.14. The summed E-state index contributed by atoms with van der Waals surface area (Å²) in [6.45, 7) is -0.586. The number of amides is 2. The fourth-order valence-corrected chi connectivity index (χ4v) is 2.76. The van der Waals surface area contributed by atoms with Crippen molar-refractivity contribution in [1.82, 2.24) is 5.32 Å². The molecule has 0 unspecified atom stereocenters. The molecular weight excluding hydrogens is 402 g/mol. The summed E-state index contributed by atoms with van der Waals surface area (Å²) in [5, 5.41) is 2.73. The predicted octanol–water partition coefficient (Wildman–Crippen LogP) is 4.38. The van der Waals surface area contributed by atoms with Gasteiger partial charge in [0, 0.05) is 10.6 Å². The molecule has 0 fully saturated rings. The molecule has 5 nitrogen and oxygen atoms in total. The standard InChI is InChI=1S/C24H18ClNO4/c25-20-13-11-18(12-14-20)21(15-17-7-3-1-4-8-17)24(29)30-16-22(27)26-23(28)19-9-5-2-6-10-19/h1-15H,16H2,(H,26,27,28)/b21-15+. The quantitative estimate of drug-likeness (QED) is 0.365. The van der Waals surface area contributed by atoms with Crippen molar-refractivity contribution in [2.45, 2.75) is 0 Å². The van der Waals surface area contributed by atoms with Crippen molar-refractivity contribution in [2.75, 3.05) is 6.61 Å². The zero-order valence-electron chi connectivity index (χ0n) is 15.9. The second-order valence-electron chi connectivity index (χ2n) is 6.30. The first-order valence-corrected chi connectivity index (χ1v) is 9.50. The molecule has 0 radical (unpaired) electrons. The van der Waals surface area contributed by atoms with E-state index in [0.717, 1.165) is 5.56 Å². The highest BCUT2D eigenvalue weighted by molar-refractivity contribution is 6.30. The Hall–Kier alpha value is -3.70. The highest BCUT2D eigenvalue weighted by Crippen LogP contribution is 2.22. The minimum atomic E-state index is -0.715. The van der Waals surface area contributed by atoms with Gasteiger partial charge in [-0.25, -0.2) is 4.79 Å². The zero-order valence-corrected chi connectivity index (χ0v) is 16.6. The smallest absolute Gasteiger partial charge is 0.339 e. The van der Waals surface area contributed by atoms with E-state index in [1.807, 2.05) is 30.3 Å². The molecule has 6 heteroatoms. The number of benzene rings is 3. The van der Waals surface area contributed by atoms with Crippen molar-refractivity contribution in [3.63, 3.8) is 0 Å². The van der Waals surface area contributed by atoms with Crippen molar-refractivity contribution in [3.05, 3.63) is 107 Å². The fraction of sp³-hybridized carbons (Fsp3) is 0.0417. The van der Waals surface area contributed by atoms with Gasteiger partial charge in [0.15, 0.2) is 6.61 Å². The van der Waals surface area contributed by atoms with E-state index in [-0.39, 0.29) is 5.57 Å². The van der Waals surface area contributed by atoms with Crippen LogP contribution in [0.15, 0.2) is 84.9 Å². The zero-order chi connectivity index (χ0) is 21.3. The van der Waals surface area contributed by atoms with E-state index in [1.54, 1.807) is 60.7 Å². The molecule has 2 amide bonds. The van der Waals surface area contributed by atoms with E-state index in [1.165, 1.54) is 0 Å². The number of hydrogen-bond acceptors (Lipinski definition) is 4. The van der Waals surface area contributed by atoms with Crippen molar-refractivity contribution in [1.29, 1.82) is 0 Å². The molecule has 1 N–H and O–H groups in total. The molecule has 3 aromatic rings. The first-order chi connectivity index (χ1) is 14.5. The van der Waals surface area contributed by atoms with Gasteiger partial charge in [-0.2, -0.15) is 0 Å². The number of halogens is 1. The van der Waals surface area contributed by atoms with Crippen LogP contribution in [0.25, 0.3) is 11.6 Å². The second-order valence-corrected chi connectivity index (χ2v) is 6.73. The maximum absolute atomic E-state index is 12.7. The summed E-state index contributed by atoms with van der Waals surface area (Å²) in [6, 6.07) is 24.2. The normalized spacial score (nSPS) is 10.9. The Labute approximate surface area is 178 Å². The number of hydrogen-bond donors (Lipinski definition) is 1. The average Bonchev–Trinajstić information content (AvgIpc) is 2.78. The van der Waals surface area contributed by atoms with E-state index in [9.17, 15) is 14.4 Å². The van der Waals surface area contributed by atoms with Crippen LogP contribution in [-0.4, -0.2) is 24.4 Å². The molecule has 0 aliphatic heterocycles. The van der Waals surface area contributed by atoms with Gasteiger partial charge in [-0.3, -0.25) is 14.9 Å². The second kappa shape index (κ2) is 10.2. The Morgan fingerprint density at radius 2 is 1.40 bits per heavy atom. The molecule has 0 aliphatic rings. The third-order valence-corrected chi connectivity index (χ3v) is 4.36. The van der Waals surface area contributed by atoms with Crippen molar-refractivity contribution in [2.24, 2.45) is 0 Å². The lowest BCUT2D eigenvalue weighted by Gasteiger charge is -2.10. The van der Waals surface area contributed by atoms with Gasteiger partial charge in [0.05, 0.1) is 5.57 Å². The van der Waals surface area contributed by atoms with Crippen LogP contribution >= 0.6 is 11.6 Å². The maximum Gasteiger partial charge on any atom is 0.339 e. The van der Waals surface area contributed by atoms with Gasteiger partial charge in [0.2, 0.25) is 0 Å². The Morgan fingerprint density at radius 1 is 0.800 bits per heavy atom. The molecule has 150 valence electrons. The molecule has 0 spiro atoms. The third-order valence-electron chi connectivity index (χ3n) is 4.11. The van der Waals surface area contributed by atoms with Crippen LogP contribution in [0.1, 0.15) is 21.5 Å². The number of carbonyl (C=O) groups excluding carboxylic acids is 3. The van der Waals surface area contributed by atoms with Crippen LogP contribution in [0.4, 0.5) is 0 Å². The molecule has 0 aliphatic carbocycles. The molecular formula is C24H18ClNO4. The molecule has 0 bridgehead atoms. The van der Waals surface area contributed by atoms with E-state index >= 15 is 0 Å². The summed E-state index contributed by atoms with van der Waals surface area (Å²) in [7, 11) is 0. The maximum atomic E-state index is 12.7. The van der Waals surface area contributed by atoms with Gasteiger partial charge < -0.3 is 4.74 Å². The summed E-state index contributed by atoms with van der Waals surface area (Å²) in [5.74, 6) is -1.97. The number of nitrogens with one attached hydrogen (secondary N) is 1. The van der Waals surface area contributed by atoms with Gasteiger partial charge in [-0.1, -0.05) is 72.3 Å². The van der Waals surface area contributed by atoms with Crippen LogP contribution in [-0.2, 0) is 14.3 Å². The molecule has 0 saturated carbocycles. The van der Waals surface area contributed by atoms with Crippen LogP contribution in [0, 0.1) is 0 Å². The van der Waals surface area contributed by atoms with Gasteiger partial charge in [0.1, 0.15) is 0 Å². The molecule has 30 heavy (non-hydrogen) atoms. The van der Waals surface area contributed by atoms with Gasteiger partial charge in [0.25, 0.3) is 11.8 Å². The summed E-state index contributed by atoms with van der Waals surface area (Å²) in [6.07, 6.45) is 1.67. The average molecular weight is 420 g/mol. The van der Waals surface area contributed by atoms with Gasteiger partial charge in [-0.05, 0) is 41.5 Å². The van der Waals surface area contributed by atoms with E-state index in [2.05, 4.69) is 5.32 Å². The number of imide groups is 1. The van der Waals surface area contributed by atoms with E-state index < -0.39 is 24.4 Å². The highest BCUT2D eigenvalue weighted by Gasteiger charge is 2.17. The minimum absolute atomic E-state index is 0.264. The largest absolute Gasteiger partial charge is 0.452 e. The van der Waals surface area contributed by atoms with Crippen LogP contribution in [0.5, 0.6) is 0 Å². The van der Waals surface area contributed by atoms with Crippen LogP contribution in [0.2, 0.25) is 5.02 Å². The van der Waals surface area contributed by atoms with E-state index in [0.29, 0.717) is 16.1 Å². The lowest BCUT2D eigenvalue weighted by Crippen LogP contribution is -2.34. The topological polar surface area (TPSA) is 72.5 Å². The Bertz CT molecular complexity index is 1060. The van der Waals surface area contributed by atoms with Crippen LogP contribution < -0.4 is 5.32 Å². The lowest BCUT2D eigenvalue weighted by atomic mass is 10.0. The van der Waals surface area contributed by atoms with Crippen LogP contribution in [0.3, 0.4) is 0 Å². The Balaban J connectivity index is 1.70. The van der Waals surface area contributed by atoms with Gasteiger partial charge >= 0.3 is 5.97 Å². The molecule has 0 atom stereocenters. The molecule has 0 heterocycles. The highest BCUT2D eigenvalue weighted by atomic mass is 35.5. The third kappa shape index (κ3) is 5.90. The number of ether oxygens (including phenoxy) is 1. The molecule has 3 aromatic carbocycles. The van der Waals surface area contributed by atoms with E-state index in [4.69, 9.17) is 16.3 Å². The first-order valence-electron chi connectivity index (χ1n) is 9.12. The van der Waals surface area contributed by atoms with Crippen molar-refractivity contribution in [3.8, 4) is 0 Å². The van der Waals surface area contributed by atoms with Gasteiger partial charge in [-0.15, -0.1) is 0 Å². The number of rotatable bonds is 6. The fourth-order valence-electron chi connectivity index (χ4n) is 2.64. The Morgan fingerprint density at radius 3 is 2.03 bits per heavy atom.